The van der Waals surface area contributed by atoms with Crippen LogP contribution in [-0.2, 0) is 27.7 Å². The molecule has 7 heteroatoms. The molecule has 0 spiro atoms. The third-order valence-electron chi connectivity index (χ3n) is 2.40. The second-order valence-electron chi connectivity index (χ2n) is 3.58. The van der Waals surface area contributed by atoms with Gasteiger partial charge in [0, 0.05) is 24.5 Å². The monoisotopic (exact) mass is 331 g/mol. The predicted molar refractivity (Wildman–Crippen MR) is 73.3 cm³/mol. The smallest absolute Gasteiger partial charge is 0.0831 e. The van der Waals surface area contributed by atoms with E-state index >= 15 is 0 Å². The SMILES string of the molecule is [Cl][Cu+].[S-]/C(=N\N=C\c1ccccn1)N1CCCC1. The number of pyridine rings is 1. The van der Waals surface area contributed by atoms with Crippen LogP contribution in [0.5, 0.6) is 0 Å². The molecule has 0 atom stereocenters. The van der Waals surface area contributed by atoms with Crippen molar-refractivity contribution in [3.63, 3.8) is 0 Å². The largest absolute Gasteiger partial charge is 0.741 e. The number of hydrogen-bond acceptors (Lipinski definition) is 4. The topological polar surface area (TPSA) is 40.9 Å². The molecule has 1 aromatic heterocycles. The van der Waals surface area contributed by atoms with Crippen molar-refractivity contribution in [1.29, 1.82) is 0 Å². The van der Waals surface area contributed by atoms with Gasteiger partial charge >= 0.3 is 25.2 Å². The zero-order valence-corrected chi connectivity index (χ0v) is 12.1. The average Bonchev–Trinajstić information content (AvgIpc) is 2.96. The van der Waals surface area contributed by atoms with Gasteiger partial charge in [-0.2, -0.15) is 10.2 Å². The summed E-state index contributed by atoms with van der Waals surface area (Å²) in [6.45, 7) is 2.00. The maximum Gasteiger partial charge on any atom is 0.0831 e. The van der Waals surface area contributed by atoms with Gasteiger partial charge in [0.05, 0.1) is 11.9 Å². The summed E-state index contributed by atoms with van der Waals surface area (Å²) < 4.78 is 0. The summed E-state index contributed by atoms with van der Waals surface area (Å²) >= 11 is 8.81. The van der Waals surface area contributed by atoms with Crippen molar-refractivity contribution in [1.82, 2.24) is 9.88 Å². The summed E-state index contributed by atoms with van der Waals surface area (Å²) in [6, 6.07) is 5.65. The third kappa shape index (κ3) is 5.31. The first-order valence-electron chi connectivity index (χ1n) is 5.42. The molecule has 0 saturated carbocycles. The van der Waals surface area contributed by atoms with Crippen LogP contribution >= 0.6 is 10.1 Å². The van der Waals surface area contributed by atoms with Crippen molar-refractivity contribution in [2.75, 3.05) is 13.1 Å². The summed E-state index contributed by atoms with van der Waals surface area (Å²) in [5, 5.41) is 8.50. The van der Waals surface area contributed by atoms with Crippen LogP contribution in [0.1, 0.15) is 18.5 Å². The maximum absolute atomic E-state index is 5.15. The number of nitrogens with zero attached hydrogens (tertiary/aromatic N) is 4. The molecule has 0 aliphatic carbocycles. The van der Waals surface area contributed by atoms with E-state index in [0.717, 1.165) is 18.8 Å². The Morgan fingerprint density at radius 1 is 1.39 bits per heavy atom. The van der Waals surface area contributed by atoms with Gasteiger partial charge in [0.1, 0.15) is 0 Å². The quantitative estimate of drug-likeness (QED) is 0.274. The molecular weight excluding hydrogens is 319 g/mol. The van der Waals surface area contributed by atoms with Crippen LogP contribution < -0.4 is 0 Å². The van der Waals surface area contributed by atoms with E-state index in [0.29, 0.717) is 5.17 Å². The Hall–Kier alpha value is -0.681. The molecule has 1 aliphatic rings. The van der Waals surface area contributed by atoms with Gasteiger partial charge in [0.25, 0.3) is 0 Å². The molecule has 18 heavy (non-hydrogen) atoms. The van der Waals surface area contributed by atoms with Crippen molar-refractivity contribution in [2.45, 2.75) is 12.8 Å². The van der Waals surface area contributed by atoms with Crippen LogP contribution in [0.4, 0.5) is 0 Å². The van der Waals surface area contributed by atoms with Gasteiger partial charge in [0.2, 0.25) is 0 Å². The normalized spacial score (nSPS) is 15.7. The van der Waals surface area contributed by atoms with Crippen molar-refractivity contribution < 1.29 is 15.1 Å². The van der Waals surface area contributed by atoms with Crippen LogP contribution in [0.2, 0.25) is 0 Å². The molecule has 0 aromatic carbocycles. The second kappa shape index (κ2) is 9.28. The summed E-state index contributed by atoms with van der Waals surface area (Å²) in [5.74, 6) is 0. The van der Waals surface area contributed by atoms with Gasteiger partial charge < -0.3 is 17.5 Å². The van der Waals surface area contributed by atoms with Crippen molar-refractivity contribution in [3.8, 4) is 0 Å². The summed E-state index contributed by atoms with van der Waals surface area (Å²) in [6.07, 6.45) is 5.72. The molecule has 1 saturated heterocycles. The minimum absolute atomic E-state index is 0.574. The van der Waals surface area contributed by atoms with E-state index < -0.39 is 0 Å². The maximum atomic E-state index is 5.15. The van der Waals surface area contributed by atoms with E-state index in [1.807, 2.05) is 18.2 Å². The van der Waals surface area contributed by atoms with Crippen LogP contribution in [0.3, 0.4) is 0 Å². The fourth-order valence-electron chi connectivity index (χ4n) is 1.56. The summed E-state index contributed by atoms with van der Waals surface area (Å²) in [7, 11) is 4.20. The van der Waals surface area contributed by atoms with Gasteiger partial charge in [-0.05, 0) is 25.0 Å². The van der Waals surface area contributed by atoms with Gasteiger partial charge in [-0.1, -0.05) is 6.07 Å². The molecule has 0 radical (unpaired) electrons. The molecule has 0 N–H and O–H groups in total. The molecule has 0 amide bonds. The molecular formula is C11H13ClCuN4S. The van der Waals surface area contributed by atoms with Gasteiger partial charge in [-0.25, -0.2) is 0 Å². The molecule has 2 heterocycles. The zero-order chi connectivity index (χ0) is 13.2. The Labute approximate surface area is 125 Å². The number of rotatable bonds is 2. The van der Waals surface area contributed by atoms with E-state index in [9.17, 15) is 0 Å². The van der Waals surface area contributed by atoms with E-state index in [-0.39, 0.29) is 0 Å². The average molecular weight is 332 g/mol. The van der Waals surface area contributed by atoms with Crippen molar-refractivity contribution in [3.05, 3.63) is 30.1 Å². The first-order valence-corrected chi connectivity index (χ1v) is 7.12. The first-order chi connectivity index (χ1) is 8.86. The zero-order valence-electron chi connectivity index (χ0n) is 9.59. The fourth-order valence-corrected chi connectivity index (χ4v) is 1.79. The number of likely N-dealkylation sites (tertiary alicyclic amines) is 1. The van der Waals surface area contributed by atoms with E-state index in [2.05, 4.69) is 45.3 Å². The number of aromatic nitrogens is 1. The van der Waals surface area contributed by atoms with Gasteiger partial charge in [0.15, 0.2) is 0 Å². The van der Waals surface area contributed by atoms with E-state index in [1.54, 1.807) is 12.4 Å². The molecule has 1 aliphatic heterocycles. The molecule has 1 aromatic rings. The van der Waals surface area contributed by atoms with Crippen LogP contribution in [0, 0.1) is 0 Å². The van der Waals surface area contributed by atoms with Crippen LogP contribution in [0.25, 0.3) is 0 Å². The Morgan fingerprint density at radius 2 is 2.11 bits per heavy atom. The van der Waals surface area contributed by atoms with Gasteiger partial charge in [-0.15, -0.1) is 0 Å². The number of halogens is 1. The minimum Gasteiger partial charge on any atom is -0.741 e. The Kier molecular flexibility index (Phi) is 7.92. The minimum atomic E-state index is 0.574. The summed E-state index contributed by atoms with van der Waals surface area (Å²) in [5.41, 5.74) is 0.787. The molecule has 4 nitrogen and oxygen atoms in total. The van der Waals surface area contributed by atoms with Gasteiger partial charge in [-0.3, -0.25) is 4.98 Å². The predicted octanol–water partition coefficient (Wildman–Crippen LogP) is 2.10. The molecule has 2 rings (SSSR count). The van der Waals surface area contributed by atoms with E-state index in [4.69, 9.17) is 12.6 Å². The standard InChI is InChI=1S/C11H14N4S.ClH.Cu/c16-11(15-7-3-4-8-15)14-13-9-10-5-1-2-6-12-10;;/h1-2,5-6,9H,3-4,7-8H2,(H,14,16);1H;/q;;+2/p-2/b13-9+;;. The van der Waals surface area contributed by atoms with Crippen molar-refractivity contribution in [2.24, 2.45) is 10.2 Å². The molecule has 0 unspecified atom stereocenters. The van der Waals surface area contributed by atoms with E-state index in [1.165, 1.54) is 12.8 Å². The number of hydrogen-bond donors (Lipinski definition) is 0. The Morgan fingerprint density at radius 3 is 2.72 bits per heavy atom. The first kappa shape index (κ1) is 15.4. The molecule has 101 valence electrons. The van der Waals surface area contributed by atoms with Crippen LogP contribution in [-0.4, -0.2) is 34.4 Å². The molecule has 0 bridgehead atoms. The Bertz CT molecular complexity index is 393. The Balaban J connectivity index is 0.000000771. The second-order valence-corrected chi connectivity index (χ2v) is 3.94. The number of amidine groups is 1. The van der Waals surface area contributed by atoms with Crippen LogP contribution in [0.15, 0.2) is 34.6 Å². The van der Waals surface area contributed by atoms with Crippen molar-refractivity contribution >= 4 is 34.1 Å². The molecule has 1 fully saturated rings. The summed E-state index contributed by atoms with van der Waals surface area (Å²) in [4.78, 5) is 6.18. The fraction of sp³-hybridized carbons (Fsp3) is 0.364. The third-order valence-corrected chi connectivity index (χ3v) is 2.74.